The quantitative estimate of drug-likeness (QED) is 0.739. The largest absolute Gasteiger partial charge is 0.496 e. The Bertz CT molecular complexity index is 504. The number of hydrogen-bond acceptors (Lipinski definition) is 2. The lowest BCUT2D eigenvalue weighted by molar-refractivity contribution is 0.410. The average molecular weight is 240 g/mol. The van der Waals surface area contributed by atoms with E-state index in [2.05, 4.69) is 0 Å². The van der Waals surface area contributed by atoms with Gasteiger partial charge in [0, 0.05) is 0 Å². The van der Waals surface area contributed by atoms with E-state index in [1.165, 1.54) is 0 Å². The fourth-order valence-electron chi connectivity index (χ4n) is 1.67. The highest BCUT2D eigenvalue weighted by atomic mass is 16.5. The number of benzene rings is 2. The Morgan fingerprint density at radius 2 is 1.67 bits per heavy atom. The molecule has 0 saturated carbocycles. The lowest BCUT2D eigenvalue weighted by atomic mass is 10.1. The minimum absolute atomic E-state index is 0.789. The highest BCUT2D eigenvalue weighted by molar-refractivity contribution is 5.34. The first kappa shape index (κ1) is 12.2. The van der Waals surface area contributed by atoms with Crippen molar-refractivity contribution in [3.05, 3.63) is 72.5 Å². The summed E-state index contributed by atoms with van der Waals surface area (Å²) in [5, 5.41) is 0. The smallest absolute Gasteiger partial charge is 0.126 e. The van der Waals surface area contributed by atoms with Gasteiger partial charge in [0.15, 0.2) is 0 Å². The molecule has 0 radical (unpaired) electrons. The molecule has 2 rings (SSSR count). The van der Waals surface area contributed by atoms with Crippen LogP contribution in [0.5, 0.6) is 11.5 Å². The molecular weight excluding hydrogens is 224 g/mol. The number of ether oxygens (including phenoxy) is 2. The van der Waals surface area contributed by atoms with Gasteiger partial charge in [-0.15, -0.1) is 0 Å². The molecule has 18 heavy (non-hydrogen) atoms. The molecule has 0 aromatic heterocycles. The topological polar surface area (TPSA) is 18.5 Å². The first-order valence-corrected chi connectivity index (χ1v) is 5.89. The van der Waals surface area contributed by atoms with Gasteiger partial charge in [-0.3, -0.25) is 0 Å². The lowest BCUT2D eigenvalue weighted by Gasteiger charge is -2.05. The maximum Gasteiger partial charge on any atom is 0.126 e. The van der Waals surface area contributed by atoms with E-state index < -0.39 is 0 Å². The molecule has 92 valence electrons. The van der Waals surface area contributed by atoms with E-state index in [1.807, 2.05) is 60.7 Å². The van der Waals surface area contributed by atoms with E-state index in [1.54, 1.807) is 13.4 Å². The zero-order valence-electron chi connectivity index (χ0n) is 10.4. The predicted molar refractivity (Wildman–Crippen MR) is 72.9 cm³/mol. The fraction of sp³-hybridized carbons (Fsp3) is 0.125. The van der Waals surface area contributed by atoms with Crippen LogP contribution in [0.25, 0.3) is 0 Å². The van der Waals surface area contributed by atoms with E-state index in [-0.39, 0.29) is 0 Å². The van der Waals surface area contributed by atoms with E-state index in [4.69, 9.17) is 9.47 Å². The molecule has 0 fully saturated rings. The fourth-order valence-corrected chi connectivity index (χ4v) is 1.67. The molecule has 2 aromatic carbocycles. The second kappa shape index (κ2) is 6.50. The molecule has 0 unspecified atom stereocenters. The normalized spacial score (nSPS) is 10.5. The second-order valence-electron chi connectivity index (χ2n) is 3.82. The highest BCUT2D eigenvalue weighted by Gasteiger charge is 1.98. The summed E-state index contributed by atoms with van der Waals surface area (Å²) < 4.78 is 10.8. The molecule has 2 heteroatoms. The number of rotatable bonds is 5. The molecule has 0 aliphatic heterocycles. The van der Waals surface area contributed by atoms with Crippen LogP contribution in [-0.2, 0) is 6.42 Å². The summed E-state index contributed by atoms with van der Waals surface area (Å²) in [6.07, 6.45) is 4.48. The van der Waals surface area contributed by atoms with Gasteiger partial charge >= 0.3 is 0 Å². The van der Waals surface area contributed by atoms with Crippen molar-refractivity contribution in [2.75, 3.05) is 7.11 Å². The molecule has 0 saturated heterocycles. The maximum absolute atomic E-state index is 5.48. The van der Waals surface area contributed by atoms with Crippen molar-refractivity contribution < 1.29 is 9.47 Å². The average Bonchev–Trinajstić information content (AvgIpc) is 2.45. The Morgan fingerprint density at radius 3 is 2.44 bits per heavy atom. The summed E-state index contributed by atoms with van der Waals surface area (Å²) in [6, 6.07) is 17.7. The summed E-state index contributed by atoms with van der Waals surface area (Å²) in [7, 11) is 1.68. The molecule has 0 spiro atoms. The van der Waals surface area contributed by atoms with Gasteiger partial charge in [0.1, 0.15) is 11.5 Å². The Balaban J connectivity index is 1.91. The summed E-state index contributed by atoms with van der Waals surface area (Å²) in [5.41, 5.74) is 1.15. The molecule has 0 bridgehead atoms. The number of allylic oxidation sites excluding steroid dienone is 1. The van der Waals surface area contributed by atoms with Gasteiger partial charge in [0.25, 0.3) is 0 Å². The summed E-state index contributed by atoms with van der Waals surface area (Å²) in [4.78, 5) is 0. The SMILES string of the molecule is COc1ccccc1CC=COc1ccccc1. The first-order chi connectivity index (χ1) is 8.90. The molecule has 0 aliphatic carbocycles. The Labute approximate surface area is 107 Å². The minimum Gasteiger partial charge on any atom is -0.496 e. The van der Waals surface area contributed by atoms with Crippen molar-refractivity contribution in [3.63, 3.8) is 0 Å². The number of para-hydroxylation sites is 2. The summed E-state index contributed by atoms with van der Waals surface area (Å²) in [6.45, 7) is 0. The van der Waals surface area contributed by atoms with Gasteiger partial charge in [0.05, 0.1) is 13.4 Å². The molecule has 2 aromatic rings. The summed E-state index contributed by atoms with van der Waals surface area (Å²) in [5.74, 6) is 1.75. The van der Waals surface area contributed by atoms with Crippen molar-refractivity contribution in [2.45, 2.75) is 6.42 Å². The molecule has 2 nitrogen and oxygen atoms in total. The monoisotopic (exact) mass is 240 g/mol. The first-order valence-electron chi connectivity index (χ1n) is 5.89. The van der Waals surface area contributed by atoms with Crippen LogP contribution in [0.15, 0.2) is 66.9 Å². The Kier molecular flexibility index (Phi) is 4.42. The van der Waals surface area contributed by atoms with Crippen LogP contribution in [-0.4, -0.2) is 7.11 Å². The Hall–Kier alpha value is -2.22. The zero-order valence-corrected chi connectivity index (χ0v) is 10.4. The van der Waals surface area contributed by atoms with Gasteiger partial charge in [-0.1, -0.05) is 36.4 Å². The van der Waals surface area contributed by atoms with Crippen LogP contribution in [0.3, 0.4) is 0 Å². The molecule has 0 atom stereocenters. The van der Waals surface area contributed by atoms with Crippen molar-refractivity contribution in [2.24, 2.45) is 0 Å². The summed E-state index contributed by atoms with van der Waals surface area (Å²) >= 11 is 0. The van der Waals surface area contributed by atoms with E-state index >= 15 is 0 Å². The molecule has 0 heterocycles. The van der Waals surface area contributed by atoms with Crippen LogP contribution in [0, 0.1) is 0 Å². The highest BCUT2D eigenvalue weighted by Crippen LogP contribution is 2.18. The molecule has 0 amide bonds. The van der Waals surface area contributed by atoms with E-state index in [9.17, 15) is 0 Å². The van der Waals surface area contributed by atoms with Crippen molar-refractivity contribution >= 4 is 0 Å². The van der Waals surface area contributed by atoms with Crippen LogP contribution in [0.1, 0.15) is 5.56 Å². The van der Waals surface area contributed by atoms with Gasteiger partial charge in [-0.25, -0.2) is 0 Å². The lowest BCUT2D eigenvalue weighted by Crippen LogP contribution is -1.90. The predicted octanol–water partition coefficient (Wildman–Crippen LogP) is 3.83. The van der Waals surface area contributed by atoms with Gasteiger partial charge in [-0.05, 0) is 36.3 Å². The van der Waals surface area contributed by atoms with E-state index in [0.717, 1.165) is 23.5 Å². The van der Waals surface area contributed by atoms with Crippen LogP contribution >= 0.6 is 0 Å². The number of methoxy groups -OCH3 is 1. The molecule has 0 N–H and O–H groups in total. The van der Waals surface area contributed by atoms with Crippen molar-refractivity contribution in [1.82, 2.24) is 0 Å². The van der Waals surface area contributed by atoms with Gasteiger partial charge < -0.3 is 9.47 Å². The molecular formula is C16H16O2. The van der Waals surface area contributed by atoms with Crippen molar-refractivity contribution in [3.8, 4) is 11.5 Å². The van der Waals surface area contributed by atoms with Gasteiger partial charge in [0.2, 0.25) is 0 Å². The van der Waals surface area contributed by atoms with Crippen molar-refractivity contribution in [1.29, 1.82) is 0 Å². The van der Waals surface area contributed by atoms with Crippen LogP contribution < -0.4 is 9.47 Å². The van der Waals surface area contributed by atoms with Crippen LogP contribution in [0.2, 0.25) is 0 Å². The number of hydrogen-bond donors (Lipinski definition) is 0. The Morgan fingerprint density at radius 1 is 0.944 bits per heavy atom. The maximum atomic E-state index is 5.48. The zero-order chi connectivity index (χ0) is 12.6. The van der Waals surface area contributed by atoms with E-state index in [0.29, 0.717) is 0 Å². The van der Waals surface area contributed by atoms with Crippen LogP contribution in [0.4, 0.5) is 0 Å². The minimum atomic E-state index is 0.789. The van der Waals surface area contributed by atoms with Gasteiger partial charge in [-0.2, -0.15) is 0 Å². The second-order valence-corrected chi connectivity index (χ2v) is 3.82. The third-order valence-electron chi connectivity index (χ3n) is 2.57. The third-order valence-corrected chi connectivity index (χ3v) is 2.57. The third kappa shape index (κ3) is 3.39. The standard InChI is InChI=1S/C16H16O2/c1-17-16-12-6-5-8-14(16)9-7-13-18-15-10-3-2-4-11-15/h2-8,10-13H,9H2,1H3. The molecule has 0 aliphatic rings.